The standard InChI is InChI=1S/C15H25ClN2O/c1-6-11-13(16)12(18(5)17-11)8-15(19)9-14(3,4)7-10(15)2/h10,19H,6-9H2,1-5H3. The summed E-state index contributed by atoms with van der Waals surface area (Å²) in [6.07, 6.45) is 3.30. The van der Waals surface area contributed by atoms with Crippen molar-refractivity contribution in [1.82, 2.24) is 9.78 Å². The monoisotopic (exact) mass is 284 g/mol. The van der Waals surface area contributed by atoms with Gasteiger partial charge in [-0.1, -0.05) is 39.3 Å². The van der Waals surface area contributed by atoms with Gasteiger partial charge < -0.3 is 5.11 Å². The predicted molar refractivity (Wildman–Crippen MR) is 78.4 cm³/mol. The van der Waals surface area contributed by atoms with Crippen LogP contribution >= 0.6 is 11.6 Å². The van der Waals surface area contributed by atoms with Gasteiger partial charge in [0.15, 0.2) is 0 Å². The summed E-state index contributed by atoms with van der Waals surface area (Å²) in [5.41, 5.74) is 1.43. The minimum Gasteiger partial charge on any atom is -0.389 e. The first-order valence-electron chi connectivity index (χ1n) is 7.11. The van der Waals surface area contributed by atoms with Gasteiger partial charge in [-0.05, 0) is 30.6 Å². The molecule has 4 heteroatoms. The van der Waals surface area contributed by atoms with Gasteiger partial charge in [-0.15, -0.1) is 0 Å². The Balaban J connectivity index is 2.29. The van der Waals surface area contributed by atoms with Gasteiger partial charge in [0.2, 0.25) is 0 Å². The van der Waals surface area contributed by atoms with Crippen molar-refractivity contribution in [3.05, 3.63) is 16.4 Å². The van der Waals surface area contributed by atoms with Crippen LogP contribution in [0.15, 0.2) is 0 Å². The maximum Gasteiger partial charge on any atom is 0.0850 e. The Morgan fingerprint density at radius 2 is 2.11 bits per heavy atom. The molecule has 19 heavy (non-hydrogen) atoms. The molecular formula is C15H25ClN2O. The van der Waals surface area contributed by atoms with Crippen LogP contribution in [0, 0.1) is 11.3 Å². The second-order valence-electron chi connectivity index (χ2n) is 6.91. The molecule has 2 atom stereocenters. The highest BCUT2D eigenvalue weighted by atomic mass is 35.5. The first-order valence-corrected chi connectivity index (χ1v) is 7.49. The molecule has 1 aliphatic carbocycles. The Hall–Kier alpha value is -0.540. The normalized spacial score (nSPS) is 29.9. The third kappa shape index (κ3) is 2.68. The molecule has 3 nitrogen and oxygen atoms in total. The second kappa shape index (κ2) is 4.78. The average Bonchev–Trinajstić information content (AvgIpc) is 2.65. The first-order chi connectivity index (χ1) is 8.68. The van der Waals surface area contributed by atoms with E-state index in [1.165, 1.54) is 0 Å². The zero-order valence-corrected chi connectivity index (χ0v) is 13.4. The zero-order chi connectivity index (χ0) is 14.4. The summed E-state index contributed by atoms with van der Waals surface area (Å²) in [6, 6.07) is 0. The summed E-state index contributed by atoms with van der Waals surface area (Å²) in [4.78, 5) is 0. The summed E-state index contributed by atoms with van der Waals surface area (Å²) in [5.74, 6) is 0.290. The van der Waals surface area contributed by atoms with E-state index in [2.05, 4.69) is 25.9 Å². The molecule has 1 heterocycles. The van der Waals surface area contributed by atoms with E-state index in [0.717, 1.165) is 35.7 Å². The lowest BCUT2D eigenvalue weighted by Gasteiger charge is -2.28. The van der Waals surface area contributed by atoms with Crippen LogP contribution in [0.25, 0.3) is 0 Å². The Morgan fingerprint density at radius 3 is 2.53 bits per heavy atom. The Bertz CT molecular complexity index is 481. The van der Waals surface area contributed by atoms with Gasteiger partial charge in [0.1, 0.15) is 0 Å². The van der Waals surface area contributed by atoms with Gasteiger partial charge in [-0.2, -0.15) is 5.10 Å². The maximum absolute atomic E-state index is 11.0. The molecule has 0 radical (unpaired) electrons. The molecule has 1 aliphatic rings. The highest BCUT2D eigenvalue weighted by Gasteiger charge is 2.48. The smallest absolute Gasteiger partial charge is 0.0850 e. The minimum atomic E-state index is -0.661. The summed E-state index contributed by atoms with van der Waals surface area (Å²) in [7, 11) is 1.91. The number of nitrogens with zero attached hydrogens (tertiary/aromatic N) is 2. The fourth-order valence-electron chi connectivity index (χ4n) is 3.63. The Labute approximate surface area is 121 Å². The molecule has 1 N–H and O–H groups in total. The molecular weight excluding hydrogens is 260 g/mol. The van der Waals surface area contributed by atoms with Crippen molar-refractivity contribution in [2.75, 3.05) is 0 Å². The van der Waals surface area contributed by atoms with E-state index >= 15 is 0 Å². The fraction of sp³-hybridized carbons (Fsp3) is 0.800. The van der Waals surface area contributed by atoms with Crippen LogP contribution < -0.4 is 0 Å². The molecule has 0 amide bonds. The fourth-order valence-corrected chi connectivity index (χ4v) is 3.99. The number of hydrogen-bond donors (Lipinski definition) is 1. The van der Waals surface area contributed by atoms with Crippen molar-refractivity contribution < 1.29 is 5.11 Å². The van der Waals surface area contributed by atoms with Crippen molar-refractivity contribution in [3.8, 4) is 0 Å². The van der Waals surface area contributed by atoms with E-state index in [0.29, 0.717) is 12.3 Å². The van der Waals surface area contributed by atoms with Crippen LogP contribution in [0.4, 0.5) is 0 Å². The van der Waals surface area contributed by atoms with Crippen molar-refractivity contribution >= 4 is 11.6 Å². The highest BCUT2D eigenvalue weighted by Crippen LogP contribution is 2.49. The number of rotatable bonds is 3. The van der Waals surface area contributed by atoms with Crippen LogP contribution in [-0.4, -0.2) is 20.5 Å². The van der Waals surface area contributed by atoms with Crippen LogP contribution in [0.1, 0.15) is 51.9 Å². The SMILES string of the molecule is CCc1nn(C)c(CC2(O)CC(C)(C)CC2C)c1Cl. The van der Waals surface area contributed by atoms with Crippen LogP contribution in [-0.2, 0) is 19.9 Å². The van der Waals surface area contributed by atoms with Gasteiger partial charge in [0, 0.05) is 13.5 Å². The highest BCUT2D eigenvalue weighted by molar-refractivity contribution is 6.31. The minimum absolute atomic E-state index is 0.201. The Morgan fingerprint density at radius 1 is 1.47 bits per heavy atom. The van der Waals surface area contributed by atoms with Gasteiger partial charge in [0.05, 0.1) is 22.0 Å². The third-order valence-electron chi connectivity index (χ3n) is 4.54. The van der Waals surface area contributed by atoms with Gasteiger partial charge >= 0.3 is 0 Å². The van der Waals surface area contributed by atoms with E-state index in [1.807, 2.05) is 18.7 Å². The largest absolute Gasteiger partial charge is 0.389 e. The molecule has 108 valence electrons. The molecule has 0 aromatic carbocycles. The number of aryl methyl sites for hydroxylation is 2. The van der Waals surface area contributed by atoms with Crippen LogP contribution in [0.2, 0.25) is 5.02 Å². The van der Waals surface area contributed by atoms with E-state index in [9.17, 15) is 5.11 Å². The number of hydrogen-bond acceptors (Lipinski definition) is 2. The lowest BCUT2D eigenvalue weighted by molar-refractivity contribution is 0.00286. The van der Waals surface area contributed by atoms with E-state index < -0.39 is 5.60 Å². The zero-order valence-electron chi connectivity index (χ0n) is 12.6. The summed E-state index contributed by atoms with van der Waals surface area (Å²) < 4.78 is 1.83. The quantitative estimate of drug-likeness (QED) is 0.924. The molecule has 0 aliphatic heterocycles. The maximum atomic E-state index is 11.0. The van der Waals surface area contributed by atoms with Crippen LogP contribution in [0.3, 0.4) is 0 Å². The molecule has 1 aromatic heterocycles. The van der Waals surface area contributed by atoms with Crippen LogP contribution in [0.5, 0.6) is 0 Å². The predicted octanol–water partition coefficient (Wildman–Crippen LogP) is 3.37. The Kier molecular flexibility index (Phi) is 3.74. The molecule has 0 spiro atoms. The topological polar surface area (TPSA) is 38.0 Å². The summed E-state index contributed by atoms with van der Waals surface area (Å²) in [5, 5.41) is 16.1. The number of aliphatic hydroxyl groups is 1. The number of aromatic nitrogens is 2. The lowest BCUT2D eigenvalue weighted by Crippen LogP contribution is -2.35. The summed E-state index contributed by atoms with van der Waals surface area (Å²) in [6.45, 7) is 8.64. The number of halogens is 1. The molecule has 1 fully saturated rings. The second-order valence-corrected chi connectivity index (χ2v) is 7.29. The van der Waals surface area contributed by atoms with Crippen molar-refractivity contribution in [1.29, 1.82) is 0 Å². The van der Waals surface area contributed by atoms with E-state index in [-0.39, 0.29) is 5.41 Å². The molecule has 2 unspecified atom stereocenters. The third-order valence-corrected chi connectivity index (χ3v) is 4.97. The molecule has 1 saturated carbocycles. The van der Waals surface area contributed by atoms with Crippen molar-refractivity contribution in [2.24, 2.45) is 18.4 Å². The van der Waals surface area contributed by atoms with E-state index in [4.69, 9.17) is 11.6 Å². The van der Waals surface area contributed by atoms with Crippen molar-refractivity contribution in [3.63, 3.8) is 0 Å². The van der Waals surface area contributed by atoms with Gasteiger partial charge in [-0.3, -0.25) is 4.68 Å². The average molecular weight is 285 g/mol. The molecule has 0 saturated heterocycles. The molecule has 2 rings (SSSR count). The molecule has 0 bridgehead atoms. The van der Waals surface area contributed by atoms with Gasteiger partial charge in [-0.25, -0.2) is 0 Å². The van der Waals surface area contributed by atoms with E-state index in [1.54, 1.807) is 0 Å². The van der Waals surface area contributed by atoms with Gasteiger partial charge in [0.25, 0.3) is 0 Å². The van der Waals surface area contributed by atoms with Crippen molar-refractivity contribution in [2.45, 2.75) is 59.0 Å². The molecule has 1 aromatic rings. The first kappa shape index (κ1) is 14.9. The summed E-state index contributed by atoms with van der Waals surface area (Å²) >= 11 is 6.39. The lowest BCUT2D eigenvalue weighted by atomic mass is 9.86.